The highest BCUT2D eigenvalue weighted by atomic mass is 32.2. The first-order valence-electron chi connectivity index (χ1n) is 10.1. The molecule has 0 aromatic heterocycles. The van der Waals surface area contributed by atoms with Crippen LogP contribution in [0.3, 0.4) is 0 Å². The van der Waals surface area contributed by atoms with E-state index in [-0.39, 0.29) is 28.5 Å². The maximum absolute atomic E-state index is 12.8. The molecule has 0 radical (unpaired) electrons. The van der Waals surface area contributed by atoms with E-state index in [1.54, 1.807) is 29.2 Å². The number of nitrogens with one attached hydrogen (secondary N) is 2. The minimum absolute atomic E-state index is 0.0710. The molecular formula is C22H27N3O4S2. The molecule has 2 N–H and O–H groups in total. The normalized spacial score (nSPS) is 18.7. The van der Waals surface area contributed by atoms with E-state index in [4.69, 9.17) is 0 Å². The summed E-state index contributed by atoms with van der Waals surface area (Å²) in [6, 6.07) is 16.0. The lowest BCUT2D eigenvalue weighted by atomic mass is 10.1. The molecule has 0 saturated carbocycles. The molecule has 0 spiro atoms. The number of carbonyl (C=O) groups excluding carboxylic acids is 2. The van der Waals surface area contributed by atoms with E-state index in [2.05, 4.69) is 22.7 Å². The van der Waals surface area contributed by atoms with Gasteiger partial charge in [0.25, 0.3) is 0 Å². The molecule has 2 aromatic carbocycles. The fraction of sp³-hybridized carbons (Fsp3) is 0.364. The van der Waals surface area contributed by atoms with Gasteiger partial charge in [0.15, 0.2) is 0 Å². The highest BCUT2D eigenvalue weighted by Gasteiger charge is 2.35. The van der Waals surface area contributed by atoms with Crippen molar-refractivity contribution in [1.29, 1.82) is 0 Å². The Hall–Kier alpha value is -2.36. The second kappa shape index (κ2) is 10.3. The topological polar surface area (TPSA) is 95.6 Å². The molecule has 2 amide bonds. The van der Waals surface area contributed by atoms with E-state index < -0.39 is 16.1 Å². The number of carbonyl (C=O) groups is 2. The van der Waals surface area contributed by atoms with Crippen LogP contribution in [-0.2, 0) is 19.6 Å². The maximum atomic E-state index is 12.8. The van der Waals surface area contributed by atoms with Crippen LogP contribution in [0.15, 0.2) is 59.5 Å². The van der Waals surface area contributed by atoms with Gasteiger partial charge in [-0.25, -0.2) is 13.1 Å². The van der Waals surface area contributed by atoms with Crippen LogP contribution in [0, 0.1) is 0 Å². The molecule has 0 unspecified atom stereocenters. The van der Waals surface area contributed by atoms with Crippen LogP contribution in [0.2, 0.25) is 0 Å². The third kappa shape index (κ3) is 6.32. The number of likely N-dealkylation sites (tertiary alicyclic amines) is 1. The highest BCUT2D eigenvalue weighted by Crippen LogP contribution is 2.23. The summed E-state index contributed by atoms with van der Waals surface area (Å²) >= 11 is 4.49. The molecule has 3 rings (SSSR count). The lowest BCUT2D eigenvalue weighted by molar-refractivity contribution is -0.130. The highest BCUT2D eigenvalue weighted by molar-refractivity contribution is 7.89. The summed E-state index contributed by atoms with van der Waals surface area (Å²) in [6.45, 7) is 2.52. The first-order chi connectivity index (χ1) is 14.8. The number of nitrogens with zero attached hydrogens (tertiary/aromatic N) is 1. The monoisotopic (exact) mass is 461 g/mol. The Kier molecular flexibility index (Phi) is 7.74. The number of sulfonamides is 1. The molecule has 1 heterocycles. The molecule has 1 saturated heterocycles. The number of hydrogen-bond donors (Lipinski definition) is 3. The predicted molar refractivity (Wildman–Crippen MR) is 123 cm³/mol. The summed E-state index contributed by atoms with van der Waals surface area (Å²) in [5, 5.41) is 2.36. The van der Waals surface area contributed by atoms with Crippen molar-refractivity contribution in [2.45, 2.75) is 36.0 Å². The van der Waals surface area contributed by atoms with E-state index in [1.165, 1.54) is 6.92 Å². The van der Waals surface area contributed by atoms with Gasteiger partial charge in [-0.05, 0) is 29.7 Å². The van der Waals surface area contributed by atoms with Crippen molar-refractivity contribution >= 4 is 34.5 Å². The van der Waals surface area contributed by atoms with Gasteiger partial charge in [0.1, 0.15) is 0 Å². The molecule has 166 valence electrons. The second-order valence-electron chi connectivity index (χ2n) is 7.57. The zero-order chi connectivity index (χ0) is 22.4. The molecule has 2 atom stereocenters. The van der Waals surface area contributed by atoms with Crippen molar-refractivity contribution in [1.82, 2.24) is 14.9 Å². The molecular weight excluding hydrogens is 434 g/mol. The van der Waals surface area contributed by atoms with Gasteiger partial charge in [-0.15, -0.1) is 0 Å². The minimum atomic E-state index is -3.74. The first-order valence-corrected chi connectivity index (χ1v) is 12.1. The average molecular weight is 462 g/mol. The van der Waals surface area contributed by atoms with Crippen LogP contribution in [0.25, 0.3) is 11.1 Å². The van der Waals surface area contributed by atoms with Crippen molar-refractivity contribution < 1.29 is 18.0 Å². The summed E-state index contributed by atoms with van der Waals surface area (Å²) in [7, 11) is -3.74. The van der Waals surface area contributed by atoms with Crippen LogP contribution < -0.4 is 10.0 Å². The van der Waals surface area contributed by atoms with Crippen molar-refractivity contribution in [2.75, 3.05) is 19.6 Å². The van der Waals surface area contributed by atoms with Gasteiger partial charge in [-0.3, -0.25) is 9.59 Å². The van der Waals surface area contributed by atoms with Crippen molar-refractivity contribution in [2.24, 2.45) is 0 Å². The van der Waals surface area contributed by atoms with Crippen LogP contribution in [0.4, 0.5) is 0 Å². The number of hydrogen-bond acceptors (Lipinski definition) is 5. The lowest BCUT2D eigenvalue weighted by Crippen LogP contribution is -2.41. The van der Waals surface area contributed by atoms with E-state index in [0.29, 0.717) is 25.9 Å². The summed E-state index contributed by atoms with van der Waals surface area (Å²) in [4.78, 5) is 25.1. The van der Waals surface area contributed by atoms with Crippen LogP contribution in [-0.4, -0.2) is 56.1 Å². The van der Waals surface area contributed by atoms with E-state index >= 15 is 0 Å². The van der Waals surface area contributed by atoms with Gasteiger partial charge in [0, 0.05) is 38.2 Å². The van der Waals surface area contributed by atoms with Crippen molar-refractivity contribution in [3.05, 3.63) is 54.6 Å². The summed E-state index contributed by atoms with van der Waals surface area (Å²) < 4.78 is 28.4. The van der Waals surface area contributed by atoms with Crippen LogP contribution in [0.1, 0.15) is 19.8 Å². The van der Waals surface area contributed by atoms with Gasteiger partial charge >= 0.3 is 0 Å². The standard InChI is InChI=1S/C22H27N3O4S2/c1-16(26)23-13-5-8-22(27)25-14-20(21(30)15-25)24-31(28,29)19-11-9-18(10-12-19)17-6-3-2-4-7-17/h2-4,6-7,9-12,20-21,24,30H,5,8,13-15H2,1H3,(H,23,26)/t20-,21-/m0/s1. The molecule has 7 nitrogen and oxygen atoms in total. The maximum Gasteiger partial charge on any atom is 0.240 e. The zero-order valence-electron chi connectivity index (χ0n) is 17.3. The van der Waals surface area contributed by atoms with Gasteiger partial charge in [-0.2, -0.15) is 12.6 Å². The molecule has 31 heavy (non-hydrogen) atoms. The SMILES string of the molecule is CC(=O)NCCCC(=O)N1C[C@H](NS(=O)(=O)c2ccc(-c3ccccc3)cc2)[C@@H](S)C1. The largest absolute Gasteiger partial charge is 0.356 e. The fourth-order valence-corrected chi connectivity index (χ4v) is 5.23. The zero-order valence-corrected chi connectivity index (χ0v) is 19.0. The molecule has 0 aliphatic carbocycles. The van der Waals surface area contributed by atoms with Gasteiger partial charge in [-0.1, -0.05) is 42.5 Å². The lowest BCUT2D eigenvalue weighted by Gasteiger charge is -2.17. The third-order valence-electron chi connectivity index (χ3n) is 5.16. The van der Waals surface area contributed by atoms with E-state index in [9.17, 15) is 18.0 Å². The Balaban J connectivity index is 1.58. The Morgan fingerprint density at radius 3 is 2.32 bits per heavy atom. The Morgan fingerprint density at radius 2 is 1.68 bits per heavy atom. The Labute approximate surface area is 188 Å². The summed E-state index contributed by atoms with van der Waals surface area (Å²) in [5.74, 6) is -0.200. The van der Waals surface area contributed by atoms with Gasteiger partial charge in [0.05, 0.1) is 10.9 Å². The number of benzene rings is 2. The fourth-order valence-electron chi connectivity index (χ4n) is 3.49. The number of thiol groups is 1. The van der Waals surface area contributed by atoms with E-state index in [0.717, 1.165) is 11.1 Å². The van der Waals surface area contributed by atoms with Gasteiger partial charge < -0.3 is 10.2 Å². The first kappa shape index (κ1) is 23.3. The summed E-state index contributed by atoms with van der Waals surface area (Å²) in [5.41, 5.74) is 1.95. The Morgan fingerprint density at radius 1 is 1.03 bits per heavy atom. The number of rotatable bonds is 8. The predicted octanol–water partition coefficient (Wildman–Crippen LogP) is 2.06. The van der Waals surface area contributed by atoms with Crippen LogP contribution >= 0.6 is 12.6 Å². The third-order valence-corrected chi connectivity index (χ3v) is 7.19. The second-order valence-corrected chi connectivity index (χ2v) is 9.95. The molecule has 1 aliphatic rings. The van der Waals surface area contributed by atoms with Crippen molar-refractivity contribution in [3.8, 4) is 11.1 Å². The van der Waals surface area contributed by atoms with E-state index in [1.807, 2.05) is 30.3 Å². The van der Waals surface area contributed by atoms with Crippen molar-refractivity contribution in [3.63, 3.8) is 0 Å². The van der Waals surface area contributed by atoms with Gasteiger partial charge in [0.2, 0.25) is 21.8 Å². The van der Waals surface area contributed by atoms with Crippen LogP contribution in [0.5, 0.6) is 0 Å². The summed E-state index contributed by atoms with van der Waals surface area (Å²) in [6.07, 6.45) is 0.831. The molecule has 0 bridgehead atoms. The smallest absolute Gasteiger partial charge is 0.240 e. The minimum Gasteiger partial charge on any atom is -0.356 e. The molecule has 1 aliphatic heterocycles. The quantitative estimate of drug-likeness (QED) is 0.414. The number of amides is 2. The average Bonchev–Trinajstić information content (AvgIpc) is 3.11. The molecule has 2 aromatic rings. The molecule has 1 fully saturated rings. The molecule has 9 heteroatoms. The Bertz CT molecular complexity index is 1010.